The SMILES string of the molecule is O=c1c2[nH]c3ccc(F)cc3c2ncn1/N=C\c1ccc(O)cc1. The highest BCUT2D eigenvalue weighted by molar-refractivity contribution is 6.04. The van der Waals surface area contributed by atoms with Crippen molar-refractivity contribution in [3.8, 4) is 5.75 Å². The summed E-state index contributed by atoms with van der Waals surface area (Å²) in [6.07, 6.45) is 2.77. The van der Waals surface area contributed by atoms with Crippen LogP contribution in [0.2, 0.25) is 0 Å². The lowest BCUT2D eigenvalue weighted by Gasteiger charge is -1.98. The Morgan fingerprint density at radius 2 is 2.00 bits per heavy atom. The Labute approximate surface area is 134 Å². The highest BCUT2D eigenvalue weighted by Crippen LogP contribution is 2.21. The van der Waals surface area contributed by atoms with Crippen LogP contribution in [0.25, 0.3) is 21.9 Å². The lowest BCUT2D eigenvalue weighted by atomic mass is 10.2. The number of phenols is 1. The molecule has 0 amide bonds. The summed E-state index contributed by atoms with van der Waals surface area (Å²) in [4.78, 5) is 19.7. The summed E-state index contributed by atoms with van der Waals surface area (Å²) in [7, 11) is 0. The van der Waals surface area contributed by atoms with Crippen molar-refractivity contribution in [3.63, 3.8) is 0 Å². The van der Waals surface area contributed by atoms with E-state index in [2.05, 4.69) is 15.1 Å². The van der Waals surface area contributed by atoms with E-state index in [1.165, 1.54) is 36.8 Å². The van der Waals surface area contributed by atoms with Crippen LogP contribution in [0.4, 0.5) is 4.39 Å². The molecule has 7 heteroatoms. The van der Waals surface area contributed by atoms with Gasteiger partial charge in [-0.25, -0.2) is 9.37 Å². The summed E-state index contributed by atoms with van der Waals surface area (Å²) >= 11 is 0. The van der Waals surface area contributed by atoms with Crippen molar-refractivity contribution in [2.24, 2.45) is 5.10 Å². The van der Waals surface area contributed by atoms with Crippen LogP contribution in [0.15, 0.2) is 58.7 Å². The topological polar surface area (TPSA) is 83.3 Å². The molecule has 6 nitrogen and oxygen atoms in total. The summed E-state index contributed by atoms with van der Waals surface area (Å²) in [6, 6.07) is 10.6. The highest BCUT2D eigenvalue weighted by atomic mass is 19.1. The zero-order chi connectivity index (χ0) is 16.7. The van der Waals surface area contributed by atoms with Gasteiger partial charge in [-0.2, -0.15) is 9.78 Å². The van der Waals surface area contributed by atoms with Gasteiger partial charge < -0.3 is 10.1 Å². The predicted octanol–water partition coefficient (Wildman–Crippen LogP) is 2.60. The molecular weight excluding hydrogens is 311 g/mol. The minimum atomic E-state index is -0.389. The molecule has 0 radical (unpaired) electrons. The van der Waals surface area contributed by atoms with Gasteiger partial charge >= 0.3 is 0 Å². The zero-order valence-corrected chi connectivity index (χ0v) is 12.3. The van der Waals surface area contributed by atoms with Crippen LogP contribution < -0.4 is 5.56 Å². The van der Waals surface area contributed by atoms with E-state index < -0.39 is 0 Å². The number of benzene rings is 2. The largest absolute Gasteiger partial charge is 0.508 e. The number of nitrogens with zero attached hydrogens (tertiary/aromatic N) is 3. The molecule has 0 spiro atoms. The number of hydrogen-bond acceptors (Lipinski definition) is 4. The molecule has 0 aliphatic rings. The van der Waals surface area contributed by atoms with E-state index in [9.17, 15) is 14.3 Å². The first-order valence-electron chi connectivity index (χ1n) is 7.14. The second kappa shape index (κ2) is 5.31. The van der Waals surface area contributed by atoms with Crippen molar-refractivity contribution in [1.29, 1.82) is 0 Å². The molecule has 118 valence electrons. The fourth-order valence-corrected chi connectivity index (χ4v) is 2.49. The average molecular weight is 322 g/mol. The first-order valence-corrected chi connectivity index (χ1v) is 7.14. The Bertz CT molecular complexity index is 1140. The summed E-state index contributed by atoms with van der Waals surface area (Å²) in [6.45, 7) is 0. The van der Waals surface area contributed by atoms with Gasteiger partial charge in [-0.05, 0) is 48.0 Å². The van der Waals surface area contributed by atoms with Crippen LogP contribution in [0, 0.1) is 5.82 Å². The van der Waals surface area contributed by atoms with Gasteiger partial charge in [0.15, 0.2) is 0 Å². The third kappa shape index (κ3) is 2.32. The molecule has 0 unspecified atom stereocenters. The zero-order valence-electron chi connectivity index (χ0n) is 12.3. The van der Waals surface area contributed by atoms with Crippen LogP contribution in [0.1, 0.15) is 5.56 Å². The fourth-order valence-electron chi connectivity index (χ4n) is 2.49. The Balaban J connectivity index is 1.82. The molecule has 0 aliphatic carbocycles. The molecule has 0 aliphatic heterocycles. The Kier molecular flexibility index (Phi) is 3.13. The van der Waals surface area contributed by atoms with E-state index in [1.54, 1.807) is 18.2 Å². The van der Waals surface area contributed by atoms with Gasteiger partial charge in [-0.15, -0.1) is 0 Å². The summed E-state index contributed by atoms with van der Waals surface area (Å²) in [5.41, 5.74) is 1.65. The van der Waals surface area contributed by atoms with Gasteiger partial charge in [0.25, 0.3) is 5.56 Å². The molecule has 0 atom stereocenters. The number of aromatic hydroxyl groups is 1. The molecule has 0 saturated carbocycles. The average Bonchev–Trinajstić information content (AvgIpc) is 2.95. The van der Waals surface area contributed by atoms with E-state index in [1.807, 2.05) is 0 Å². The number of H-pyrrole nitrogens is 1. The van der Waals surface area contributed by atoms with Crippen LogP contribution in [0.5, 0.6) is 5.75 Å². The number of phenolic OH excluding ortho intramolecular Hbond substituents is 1. The number of hydrogen-bond donors (Lipinski definition) is 2. The lowest BCUT2D eigenvalue weighted by molar-refractivity contribution is 0.475. The number of rotatable bonds is 2. The molecular formula is C17H11FN4O2. The number of aromatic nitrogens is 3. The maximum Gasteiger partial charge on any atom is 0.298 e. The minimum absolute atomic E-state index is 0.151. The normalized spacial score (nSPS) is 11.7. The van der Waals surface area contributed by atoms with Crippen LogP contribution in [-0.2, 0) is 0 Å². The molecule has 2 aromatic heterocycles. The lowest BCUT2D eigenvalue weighted by Crippen LogP contribution is -2.17. The Hall–Kier alpha value is -3.48. The summed E-state index contributed by atoms with van der Waals surface area (Å²) in [5.74, 6) is -0.238. The van der Waals surface area contributed by atoms with E-state index >= 15 is 0 Å². The minimum Gasteiger partial charge on any atom is -0.508 e. The van der Waals surface area contributed by atoms with E-state index in [4.69, 9.17) is 0 Å². The number of nitrogens with one attached hydrogen (secondary N) is 1. The number of fused-ring (bicyclic) bond motifs is 3. The number of aromatic amines is 1. The first-order chi connectivity index (χ1) is 11.6. The van der Waals surface area contributed by atoms with Crippen molar-refractivity contribution in [2.75, 3.05) is 0 Å². The molecule has 4 aromatic rings. The van der Waals surface area contributed by atoms with Crippen molar-refractivity contribution < 1.29 is 9.50 Å². The smallest absolute Gasteiger partial charge is 0.298 e. The van der Waals surface area contributed by atoms with E-state index in [0.717, 1.165) is 10.2 Å². The highest BCUT2D eigenvalue weighted by Gasteiger charge is 2.11. The molecule has 2 aromatic carbocycles. The van der Waals surface area contributed by atoms with Gasteiger partial charge in [0.2, 0.25) is 0 Å². The second-order valence-electron chi connectivity index (χ2n) is 5.27. The van der Waals surface area contributed by atoms with Crippen LogP contribution in [0.3, 0.4) is 0 Å². The quantitative estimate of drug-likeness (QED) is 0.556. The standard InChI is InChI=1S/C17H11FN4O2/c18-11-3-6-14-13(7-11)15-16(21-14)17(24)22(9-19-15)20-8-10-1-4-12(23)5-2-10/h1-9,21,23H/b20-8-. The molecule has 2 heterocycles. The van der Waals surface area contributed by atoms with Crippen molar-refractivity contribution in [2.45, 2.75) is 0 Å². The summed E-state index contributed by atoms with van der Waals surface area (Å²) in [5, 5.41) is 13.9. The van der Waals surface area contributed by atoms with Gasteiger partial charge in [0.1, 0.15) is 28.9 Å². The second-order valence-corrected chi connectivity index (χ2v) is 5.27. The Morgan fingerprint density at radius 1 is 1.21 bits per heavy atom. The molecule has 0 fully saturated rings. The van der Waals surface area contributed by atoms with Crippen molar-refractivity contribution in [3.05, 3.63) is 70.5 Å². The predicted molar refractivity (Wildman–Crippen MR) is 88.9 cm³/mol. The molecule has 4 rings (SSSR count). The van der Waals surface area contributed by atoms with Gasteiger partial charge in [0, 0.05) is 10.9 Å². The third-order valence-electron chi connectivity index (χ3n) is 3.68. The maximum absolute atomic E-state index is 13.4. The maximum atomic E-state index is 13.4. The van der Waals surface area contributed by atoms with Crippen LogP contribution in [-0.4, -0.2) is 26.0 Å². The third-order valence-corrected chi connectivity index (χ3v) is 3.68. The van der Waals surface area contributed by atoms with Gasteiger partial charge in [-0.1, -0.05) is 0 Å². The summed E-state index contributed by atoms with van der Waals surface area (Å²) < 4.78 is 14.5. The first kappa shape index (κ1) is 14.1. The Morgan fingerprint density at radius 3 is 2.79 bits per heavy atom. The van der Waals surface area contributed by atoms with E-state index in [-0.39, 0.29) is 22.6 Å². The molecule has 0 saturated heterocycles. The molecule has 2 N–H and O–H groups in total. The van der Waals surface area contributed by atoms with Crippen LogP contribution >= 0.6 is 0 Å². The number of halogens is 1. The fraction of sp³-hybridized carbons (Fsp3) is 0. The van der Waals surface area contributed by atoms with Gasteiger partial charge in [0.05, 0.1) is 6.21 Å². The molecule has 24 heavy (non-hydrogen) atoms. The monoisotopic (exact) mass is 322 g/mol. The van der Waals surface area contributed by atoms with Crippen molar-refractivity contribution in [1.82, 2.24) is 14.6 Å². The van der Waals surface area contributed by atoms with Gasteiger partial charge in [-0.3, -0.25) is 4.79 Å². The molecule has 0 bridgehead atoms. The van der Waals surface area contributed by atoms with Crippen molar-refractivity contribution >= 4 is 28.2 Å². The van der Waals surface area contributed by atoms with E-state index in [0.29, 0.717) is 16.4 Å².